The van der Waals surface area contributed by atoms with Crippen LogP contribution in [-0.4, -0.2) is 19.9 Å². The fourth-order valence-corrected chi connectivity index (χ4v) is 2.50. The first-order valence-electron chi connectivity index (χ1n) is 5.04. The Labute approximate surface area is 105 Å². The highest BCUT2D eigenvalue weighted by molar-refractivity contribution is 7.89. The van der Waals surface area contributed by atoms with Gasteiger partial charge in [-0.25, -0.2) is 18.1 Å². The topological polar surface area (TPSA) is 82.9 Å². The van der Waals surface area contributed by atoms with Crippen molar-refractivity contribution in [3.63, 3.8) is 0 Å². The Kier molecular flexibility index (Phi) is 5.35. The van der Waals surface area contributed by atoms with E-state index in [1.807, 2.05) is 6.07 Å². The van der Waals surface area contributed by atoms with Crippen LogP contribution in [0.15, 0.2) is 23.2 Å². The Hall–Kier alpha value is -1.16. The quantitative estimate of drug-likeness (QED) is 0.632. The lowest BCUT2D eigenvalue weighted by molar-refractivity contribution is 0.577. The third-order valence-electron chi connectivity index (χ3n) is 2.02. The fourth-order valence-electron chi connectivity index (χ4n) is 1.17. The fraction of sp³-hybridized carbons (Fsp3) is 0.400. The van der Waals surface area contributed by atoms with Crippen molar-refractivity contribution < 1.29 is 8.42 Å². The third-order valence-corrected chi connectivity index (χ3v) is 3.68. The van der Waals surface area contributed by atoms with Gasteiger partial charge in [0.05, 0.1) is 11.0 Å². The summed E-state index contributed by atoms with van der Waals surface area (Å²) in [6.07, 6.45) is 3.08. The SMILES string of the molecule is N#CCCCCNS(=O)(=O)c1ccnc(Cl)c1. The van der Waals surface area contributed by atoms with Crippen molar-refractivity contribution in [1.82, 2.24) is 9.71 Å². The average Bonchev–Trinajstić information content (AvgIpc) is 2.29. The van der Waals surface area contributed by atoms with E-state index in [1.165, 1.54) is 18.3 Å². The number of hydrogen-bond acceptors (Lipinski definition) is 4. The molecule has 0 aliphatic rings. The minimum Gasteiger partial charge on any atom is -0.244 e. The summed E-state index contributed by atoms with van der Waals surface area (Å²) in [5.74, 6) is 0. The third kappa shape index (κ3) is 4.69. The maximum atomic E-state index is 11.8. The molecule has 1 N–H and O–H groups in total. The van der Waals surface area contributed by atoms with E-state index in [0.717, 1.165) is 0 Å². The van der Waals surface area contributed by atoms with E-state index in [4.69, 9.17) is 16.9 Å². The van der Waals surface area contributed by atoms with Gasteiger partial charge in [0.1, 0.15) is 5.15 Å². The van der Waals surface area contributed by atoms with Crippen LogP contribution in [0.1, 0.15) is 19.3 Å². The molecule has 1 heterocycles. The molecule has 0 spiro atoms. The number of nitriles is 1. The zero-order valence-corrected chi connectivity index (χ0v) is 10.6. The highest BCUT2D eigenvalue weighted by Crippen LogP contribution is 2.12. The first kappa shape index (κ1) is 13.9. The molecule has 0 fully saturated rings. The number of rotatable bonds is 6. The Bertz CT molecular complexity index is 511. The van der Waals surface area contributed by atoms with Gasteiger partial charge in [0.15, 0.2) is 0 Å². The van der Waals surface area contributed by atoms with Gasteiger partial charge < -0.3 is 0 Å². The molecule has 0 aromatic carbocycles. The number of aromatic nitrogens is 1. The number of hydrogen-bond donors (Lipinski definition) is 1. The molecule has 0 saturated heterocycles. The molecule has 17 heavy (non-hydrogen) atoms. The first-order chi connectivity index (χ1) is 8.06. The summed E-state index contributed by atoms with van der Waals surface area (Å²) in [7, 11) is -3.53. The average molecular weight is 274 g/mol. The highest BCUT2D eigenvalue weighted by Gasteiger charge is 2.13. The molecule has 1 rings (SSSR count). The standard InChI is InChI=1S/C10H12ClN3O2S/c11-10-8-9(4-7-13-10)17(15,16)14-6-3-1-2-5-12/h4,7-8,14H,1-3,6H2. The monoisotopic (exact) mass is 273 g/mol. The Balaban J connectivity index is 2.55. The van der Waals surface area contributed by atoms with Crippen molar-refractivity contribution in [2.24, 2.45) is 0 Å². The normalized spacial score (nSPS) is 11.1. The molecule has 0 aliphatic heterocycles. The van der Waals surface area contributed by atoms with Gasteiger partial charge >= 0.3 is 0 Å². The molecule has 5 nitrogen and oxygen atoms in total. The molecule has 1 aromatic rings. The first-order valence-corrected chi connectivity index (χ1v) is 6.90. The van der Waals surface area contributed by atoms with Gasteiger partial charge in [-0.05, 0) is 25.0 Å². The van der Waals surface area contributed by atoms with Crippen LogP contribution < -0.4 is 4.72 Å². The van der Waals surface area contributed by atoms with Crippen molar-refractivity contribution in [3.8, 4) is 6.07 Å². The van der Waals surface area contributed by atoms with Gasteiger partial charge in [-0.2, -0.15) is 5.26 Å². The molecule has 0 amide bonds. The molecule has 92 valence electrons. The molecule has 0 bridgehead atoms. The largest absolute Gasteiger partial charge is 0.244 e. The van der Waals surface area contributed by atoms with Crippen LogP contribution in [0.4, 0.5) is 0 Å². The maximum Gasteiger partial charge on any atom is 0.240 e. The molecule has 0 aliphatic carbocycles. The van der Waals surface area contributed by atoms with Crippen molar-refractivity contribution in [2.75, 3.05) is 6.54 Å². The summed E-state index contributed by atoms with van der Waals surface area (Å²) >= 11 is 5.61. The molecule has 0 atom stereocenters. The summed E-state index contributed by atoms with van der Waals surface area (Å²) in [6, 6.07) is 4.67. The number of nitrogens with zero attached hydrogens (tertiary/aromatic N) is 2. The van der Waals surface area contributed by atoms with Crippen LogP contribution in [0.25, 0.3) is 0 Å². The van der Waals surface area contributed by atoms with Crippen LogP contribution >= 0.6 is 11.6 Å². The van der Waals surface area contributed by atoms with Crippen molar-refractivity contribution in [3.05, 3.63) is 23.5 Å². The van der Waals surface area contributed by atoms with Crippen molar-refractivity contribution in [2.45, 2.75) is 24.2 Å². The van der Waals surface area contributed by atoms with Gasteiger partial charge in [0.25, 0.3) is 0 Å². The number of pyridine rings is 1. The second kappa shape index (κ2) is 6.55. The molecule has 1 aromatic heterocycles. The van der Waals surface area contributed by atoms with Gasteiger partial charge in [-0.1, -0.05) is 11.6 Å². The lowest BCUT2D eigenvalue weighted by Gasteiger charge is -2.05. The minimum atomic E-state index is -3.53. The Morgan fingerprint density at radius 3 is 2.88 bits per heavy atom. The smallest absolute Gasteiger partial charge is 0.240 e. The molecular formula is C10H12ClN3O2S. The minimum absolute atomic E-state index is 0.0952. The van der Waals surface area contributed by atoms with Gasteiger partial charge in [0, 0.05) is 19.2 Å². The summed E-state index contributed by atoms with van der Waals surface area (Å²) in [6.45, 7) is 0.309. The molecule has 7 heteroatoms. The lowest BCUT2D eigenvalue weighted by atomic mass is 10.2. The van der Waals surface area contributed by atoms with Gasteiger partial charge in [-0.15, -0.1) is 0 Å². The van der Waals surface area contributed by atoms with Crippen LogP contribution in [0.3, 0.4) is 0 Å². The second-order valence-corrected chi connectivity index (χ2v) is 5.48. The molecular weight excluding hydrogens is 262 g/mol. The van der Waals surface area contributed by atoms with E-state index < -0.39 is 10.0 Å². The van der Waals surface area contributed by atoms with E-state index in [0.29, 0.717) is 25.8 Å². The number of nitrogens with one attached hydrogen (secondary N) is 1. The van der Waals surface area contributed by atoms with E-state index in [1.54, 1.807) is 0 Å². The summed E-state index contributed by atoms with van der Waals surface area (Å²) in [4.78, 5) is 3.81. The highest BCUT2D eigenvalue weighted by atomic mass is 35.5. The number of unbranched alkanes of at least 4 members (excludes halogenated alkanes) is 2. The lowest BCUT2D eigenvalue weighted by Crippen LogP contribution is -2.24. The summed E-state index contributed by atoms with van der Waals surface area (Å²) < 4.78 is 25.9. The van der Waals surface area contributed by atoms with Gasteiger partial charge in [-0.3, -0.25) is 0 Å². The Morgan fingerprint density at radius 1 is 1.47 bits per heavy atom. The number of halogens is 1. The van der Waals surface area contributed by atoms with Crippen LogP contribution in [0, 0.1) is 11.3 Å². The zero-order chi connectivity index (χ0) is 12.7. The Morgan fingerprint density at radius 2 is 2.24 bits per heavy atom. The molecule has 0 unspecified atom stereocenters. The van der Waals surface area contributed by atoms with E-state index in [-0.39, 0.29) is 10.0 Å². The van der Waals surface area contributed by atoms with Crippen molar-refractivity contribution in [1.29, 1.82) is 5.26 Å². The van der Waals surface area contributed by atoms with E-state index >= 15 is 0 Å². The van der Waals surface area contributed by atoms with Gasteiger partial charge in [0.2, 0.25) is 10.0 Å². The second-order valence-electron chi connectivity index (χ2n) is 3.33. The molecule has 0 saturated carbocycles. The van der Waals surface area contributed by atoms with Crippen LogP contribution in [0.5, 0.6) is 0 Å². The van der Waals surface area contributed by atoms with E-state index in [9.17, 15) is 8.42 Å². The number of sulfonamides is 1. The maximum absolute atomic E-state index is 11.8. The predicted octanol–water partition coefficient (Wildman–Crippen LogP) is 1.71. The van der Waals surface area contributed by atoms with Crippen LogP contribution in [0.2, 0.25) is 5.15 Å². The summed E-state index contributed by atoms with van der Waals surface area (Å²) in [5.41, 5.74) is 0. The summed E-state index contributed by atoms with van der Waals surface area (Å²) in [5, 5.41) is 8.46. The van der Waals surface area contributed by atoms with Crippen molar-refractivity contribution >= 4 is 21.6 Å². The van der Waals surface area contributed by atoms with E-state index in [2.05, 4.69) is 9.71 Å². The predicted molar refractivity (Wildman–Crippen MR) is 63.9 cm³/mol. The van der Waals surface area contributed by atoms with Crippen LogP contribution in [-0.2, 0) is 10.0 Å². The zero-order valence-electron chi connectivity index (χ0n) is 9.06. The molecule has 0 radical (unpaired) electrons.